The Bertz CT molecular complexity index is 148. The molecule has 0 aliphatic carbocycles. The fourth-order valence-electron chi connectivity index (χ4n) is 1.11. The van der Waals surface area contributed by atoms with Gasteiger partial charge in [0.2, 0.25) is 0 Å². The van der Waals surface area contributed by atoms with Crippen molar-refractivity contribution in [2.45, 2.75) is 0 Å². The maximum Gasteiger partial charge on any atom is 0.257 e. The summed E-state index contributed by atoms with van der Waals surface area (Å²) in [5.41, 5.74) is 2.31. The summed E-state index contributed by atoms with van der Waals surface area (Å²) in [6.07, 6.45) is 0. The van der Waals surface area contributed by atoms with Crippen LogP contribution in [-0.4, -0.2) is 49.1 Å². The number of amides is 1. The predicted octanol–water partition coefficient (Wildman–Crippen LogP) is -0.287. The van der Waals surface area contributed by atoms with Crippen LogP contribution in [-0.2, 0) is 9.63 Å². The highest BCUT2D eigenvalue weighted by molar-refractivity contribution is 7.99. The molecular weight excluding hydrogens is 176 g/mol. The van der Waals surface area contributed by atoms with E-state index in [1.165, 1.54) is 7.11 Å². The maximum absolute atomic E-state index is 11.0. The molecular formula is C7H14N2O2S. The summed E-state index contributed by atoms with van der Waals surface area (Å²) in [5, 5.41) is 0. The van der Waals surface area contributed by atoms with Crippen molar-refractivity contribution in [3.63, 3.8) is 0 Å². The molecule has 12 heavy (non-hydrogen) atoms. The highest BCUT2D eigenvalue weighted by Crippen LogP contribution is 2.07. The Hall–Kier alpha value is -0.260. The molecule has 1 N–H and O–H groups in total. The van der Waals surface area contributed by atoms with Crippen LogP contribution in [0.25, 0.3) is 0 Å². The molecule has 1 aliphatic rings. The molecule has 0 aromatic carbocycles. The summed E-state index contributed by atoms with van der Waals surface area (Å²) in [5.74, 6) is 2.19. The van der Waals surface area contributed by atoms with Crippen molar-refractivity contribution in [2.75, 3.05) is 38.2 Å². The summed E-state index contributed by atoms with van der Waals surface area (Å²) in [7, 11) is 1.45. The zero-order chi connectivity index (χ0) is 8.81. The number of nitrogens with zero attached hydrogens (tertiary/aromatic N) is 1. The van der Waals surface area contributed by atoms with Gasteiger partial charge in [0.25, 0.3) is 5.91 Å². The zero-order valence-electron chi connectivity index (χ0n) is 7.21. The monoisotopic (exact) mass is 190 g/mol. The summed E-state index contributed by atoms with van der Waals surface area (Å²) in [4.78, 5) is 17.7. The number of nitrogens with one attached hydrogen (secondary N) is 1. The molecule has 0 aromatic rings. The summed E-state index contributed by atoms with van der Waals surface area (Å²) < 4.78 is 0. The van der Waals surface area contributed by atoms with Gasteiger partial charge in [-0.2, -0.15) is 11.8 Å². The Morgan fingerprint density at radius 2 is 2.25 bits per heavy atom. The van der Waals surface area contributed by atoms with Gasteiger partial charge < -0.3 is 0 Å². The molecule has 0 saturated carbocycles. The van der Waals surface area contributed by atoms with Gasteiger partial charge in [0.1, 0.15) is 0 Å². The van der Waals surface area contributed by atoms with Gasteiger partial charge in [0.05, 0.1) is 13.7 Å². The molecule has 4 nitrogen and oxygen atoms in total. The first-order valence-corrected chi connectivity index (χ1v) is 5.10. The van der Waals surface area contributed by atoms with Gasteiger partial charge in [0.15, 0.2) is 0 Å². The molecule has 1 amide bonds. The SMILES string of the molecule is CONC(=O)CN1CCSCC1. The van der Waals surface area contributed by atoms with Gasteiger partial charge in [0, 0.05) is 24.6 Å². The average Bonchev–Trinajstić information content (AvgIpc) is 2.06. The van der Waals surface area contributed by atoms with E-state index in [0.29, 0.717) is 6.54 Å². The molecule has 0 spiro atoms. The molecule has 1 fully saturated rings. The highest BCUT2D eigenvalue weighted by Gasteiger charge is 2.13. The Kier molecular flexibility index (Phi) is 4.42. The van der Waals surface area contributed by atoms with Gasteiger partial charge in [-0.05, 0) is 0 Å². The largest absolute Gasteiger partial charge is 0.293 e. The molecule has 0 atom stereocenters. The number of hydroxylamine groups is 1. The Morgan fingerprint density at radius 3 is 2.83 bits per heavy atom. The van der Waals surface area contributed by atoms with Crippen molar-refractivity contribution in [1.29, 1.82) is 0 Å². The Balaban J connectivity index is 2.15. The van der Waals surface area contributed by atoms with Crippen molar-refractivity contribution in [3.8, 4) is 0 Å². The van der Waals surface area contributed by atoms with Crippen LogP contribution in [0.2, 0.25) is 0 Å². The Labute approximate surface area is 76.6 Å². The molecule has 1 heterocycles. The van der Waals surface area contributed by atoms with Crippen molar-refractivity contribution in [1.82, 2.24) is 10.4 Å². The van der Waals surface area contributed by atoms with Crippen LogP contribution in [0.15, 0.2) is 0 Å². The number of hydrogen-bond donors (Lipinski definition) is 1. The summed E-state index contributed by atoms with van der Waals surface area (Å²) in [6, 6.07) is 0. The van der Waals surface area contributed by atoms with Crippen molar-refractivity contribution in [3.05, 3.63) is 0 Å². The van der Waals surface area contributed by atoms with E-state index in [9.17, 15) is 4.79 Å². The fourth-order valence-corrected chi connectivity index (χ4v) is 2.09. The molecule has 0 bridgehead atoms. The lowest BCUT2D eigenvalue weighted by Crippen LogP contribution is -2.40. The van der Waals surface area contributed by atoms with Crippen LogP contribution in [0.4, 0.5) is 0 Å². The third kappa shape index (κ3) is 3.42. The Morgan fingerprint density at radius 1 is 1.58 bits per heavy atom. The number of carbonyl (C=O) groups excluding carboxylic acids is 1. The van der Waals surface area contributed by atoms with Gasteiger partial charge in [-0.3, -0.25) is 14.5 Å². The first kappa shape index (κ1) is 9.83. The molecule has 0 unspecified atom stereocenters. The zero-order valence-corrected chi connectivity index (χ0v) is 8.02. The minimum atomic E-state index is -0.0654. The van der Waals surface area contributed by atoms with Gasteiger partial charge in [-0.1, -0.05) is 0 Å². The van der Waals surface area contributed by atoms with E-state index in [1.807, 2.05) is 11.8 Å². The molecule has 1 aliphatic heterocycles. The van der Waals surface area contributed by atoms with Crippen molar-refractivity contribution in [2.24, 2.45) is 0 Å². The molecule has 5 heteroatoms. The molecule has 0 aromatic heterocycles. The number of hydrogen-bond acceptors (Lipinski definition) is 4. The first-order chi connectivity index (χ1) is 5.83. The lowest BCUT2D eigenvalue weighted by atomic mass is 10.4. The van der Waals surface area contributed by atoms with Gasteiger partial charge in [-0.25, -0.2) is 5.48 Å². The molecule has 0 radical (unpaired) electrons. The number of carbonyl (C=O) groups is 1. The van der Waals surface area contributed by atoms with E-state index >= 15 is 0 Å². The highest BCUT2D eigenvalue weighted by atomic mass is 32.2. The summed E-state index contributed by atoms with van der Waals surface area (Å²) in [6.45, 7) is 2.46. The van der Waals surface area contributed by atoms with E-state index in [-0.39, 0.29) is 5.91 Å². The summed E-state index contributed by atoms with van der Waals surface area (Å²) >= 11 is 1.93. The maximum atomic E-state index is 11.0. The van der Waals surface area contributed by atoms with E-state index in [1.54, 1.807) is 0 Å². The third-order valence-corrected chi connectivity index (χ3v) is 2.63. The molecule has 1 saturated heterocycles. The van der Waals surface area contributed by atoms with Crippen LogP contribution in [0, 0.1) is 0 Å². The fraction of sp³-hybridized carbons (Fsp3) is 0.857. The number of thioether (sulfide) groups is 1. The van der Waals surface area contributed by atoms with E-state index in [4.69, 9.17) is 0 Å². The molecule has 70 valence electrons. The van der Waals surface area contributed by atoms with Crippen LogP contribution in [0.3, 0.4) is 0 Å². The smallest absolute Gasteiger partial charge is 0.257 e. The lowest BCUT2D eigenvalue weighted by Gasteiger charge is -2.24. The van der Waals surface area contributed by atoms with Crippen molar-refractivity contribution < 1.29 is 9.63 Å². The standard InChI is InChI=1S/C7H14N2O2S/c1-11-8-7(10)6-9-2-4-12-5-3-9/h2-6H2,1H3,(H,8,10). The van der Waals surface area contributed by atoms with E-state index in [2.05, 4.69) is 15.2 Å². The van der Waals surface area contributed by atoms with Crippen LogP contribution >= 0.6 is 11.8 Å². The second-order valence-corrected chi connectivity index (χ2v) is 3.84. The minimum absolute atomic E-state index is 0.0654. The van der Waals surface area contributed by atoms with Crippen molar-refractivity contribution >= 4 is 17.7 Å². The lowest BCUT2D eigenvalue weighted by molar-refractivity contribution is -0.132. The van der Waals surface area contributed by atoms with Crippen LogP contribution in [0.5, 0.6) is 0 Å². The van der Waals surface area contributed by atoms with Crippen LogP contribution < -0.4 is 5.48 Å². The third-order valence-electron chi connectivity index (χ3n) is 1.69. The molecule has 1 rings (SSSR count). The second-order valence-electron chi connectivity index (χ2n) is 2.62. The van der Waals surface area contributed by atoms with E-state index in [0.717, 1.165) is 24.6 Å². The second kappa shape index (κ2) is 5.40. The first-order valence-electron chi connectivity index (χ1n) is 3.95. The normalized spacial score (nSPS) is 19.1. The minimum Gasteiger partial charge on any atom is -0.293 e. The van der Waals surface area contributed by atoms with Crippen LogP contribution in [0.1, 0.15) is 0 Å². The van der Waals surface area contributed by atoms with Gasteiger partial charge >= 0.3 is 0 Å². The topological polar surface area (TPSA) is 41.6 Å². The number of rotatable bonds is 3. The quantitative estimate of drug-likeness (QED) is 0.621. The average molecular weight is 190 g/mol. The van der Waals surface area contributed by atoms with E-state index < -0.39 is 0 Å². The predicted molar refractivity (Wildman–Crippen MR) is 48.9 cm³/mol. The van der Waals surface area contributed by atoms with Gasteiger partial charge in [-0.15, -0.1) is 0 Å².